The first-order valence-corrected chi connectivity index (χ1v) is 7.94. The highest BCUT2D eigenvalue weighted by Crippen LogP contribution is 2.24. The minimum absolute atomic E-state index is 0.121. The standard InChI is InChI=1S/C11H20N2O3S2/c1-12(2)7-4-8-13(3)18(15,16)11-6-5-10(9-14)17-11/h5-6,14H,4,7-9H2,1-3H3. The van der Waals surface area contributed by atoms with Gasteiger partial charge in [0, 0.05) is 18.5 Å². The summed E-state index contributed by atoms with van der Waals surface area (Å²) in [5.74, 6) is 0. The van der Waals surface area contributed by atoms with Crippen molar-refractivity contribution in [3.05, 3.63) is 17.0 Å². The molecular formula is C11H20N2O3S2. The largest absolute Gasteiger partial charge is 0.391 e. The second-order valence-electron chi connectivity index (χ2n) is 4.36. The van der Waals surface area contributed by atoms with Crippen molar-refractivity contribution >= 4 is 21.4 Å². The van der Waals surface area contributed by atoms with Gasteiger partial charge in [-0.1, -0.05) is 0 Å². The lowest BCUT2D eigenvalue weighted by molar-refractivity contribution is 0.285. The second-order valence-corrected chi connectivity index (χ2v) is 7.80. The van der Waals surface area contributed by atoms with Crippen LogP contribution < -0.4 is 0 Å². The Morgan fingerprint density at radius 2 is 1.89 bits per heavy atom. The van der Waals surface area contributed by atoms with E-state index in [1.165, 1.54) is 4.31 Å². The minimum Gasteiger partial charge on any atom is -0.391 e. The summed E-state index contributed by atoms with van der Waals surface area (Å²) < 4.78 is 26.0. The quantitative estimate of drug-likeness (QED) is 0.808. The molecule has 1 N–H and O–H groups in total. The molecule has 0 radical (unpaired) electrons. The molecule has 7 heteroatoms. The Hall–Kier alpha value is -0.470. The summed E-state index contributed by atoms with van der Waals surface area (Å²) in [5.41, 5.74) is 0. The zero-order valence-electron chi connectivity index (χ0n) is 11.0. The molecule has 0 atom stereocenters. The van der Waals surface area contributed by atoms with Gasteiger partial charge in [0.15, 0.2) is 0 Å². The lowest BCUT2D eigenvalue weighted by atomic mass is 10.4. The molecule has 1 aromatic heterocycles. The predicted octanol–water partition coefficient (Wildman–Crippen LogP) is 0.813. The first-order chi connectivity index (χ1) is 8.37. The van der Waals surface area contributed by atoms with E-state index in [1.807, 2.05) is 19.0 Å². The average molecular weight is 292 g/mol. The van der Waals surface area contributed by atoms with Crippen LogP contribution >= 0.6 is 11.3 Å². The van der Waals surface area contributed by atoms with Crippen LogP contribution in [0.1, 0.15) is 11.3 Å². The molecule has 18 heavy (non-hydrogen) atoms. The van der Waals surface area contributed by atoms with Gasteiger partial charge in [-0.25, -0.2) is 12.7 Å². The minimum atomic E-state index is -3.40. The van der Waals surface area contributed by atoms with Crippen LogP contribution in [0.15, 0.2) is 16.3 Å². The normalized spacial score (nSPS) is 12.6. The lowest BCUT2D eigenvalue weighted by Gasteiger charge is -2.17. The van der Waals surface area contributed by atoms with Gasteiger partial charge in [0.2, 0.25) is 0 Å². The van der Waals surface area contributed by atoms with Crippen LogP contribution in [-0.2, 0) is 16.6 Å². The molecule has 0 aliphatic heterocycles. The molecule has 5 nitrogen and oxygen atoms in total. The molecule has 104 valence electrons. The number of aliphatic hydroxyl groups excluding tert-OH is 1. The van der Waals surface area contributed by atoms with Crippen LogP contribution in [0.2, 0.25) is 0 Å². The summed E-state index contributed by atoms with van der Waals surface area (Å²) in [6, 6.07) is 3.19. The maximum atomic E-state index is 12.2. The number of rotatable bonds is 7. The highest BCUT2D eigenvalue weighted by molar-refractivity contribution is 7.91. The van der Waals surface area contributed by atoms with E-state index in [4.69, 9.17) is 5.11 Å². The van der Waals surface area contributed by atoms with E-state index in [-0.39, 0.29) is 6.61 Å². The van der Waals surface area contributed by atoms with Gasteiger partial charge in [0.05, 0.1) is 6.61 Å². The third-order valence-electron chi connectivity index (χ3n) is 2.54. The Kier molecular flexibility index (Phi) is 5.74. The van der Waals surface area contributed by atoms with Crippen molar-refractivity contribution in [2.24, 2.45) is 0 Å². The van der Waals surface area contributed by atoms with Crippen LogP contribution in [-0.4, -0.2) is 57.0 Å². The first kappa shape index (κ1) is 15.6. The van der Waals surface area contributed by atoms with Gasteiger partial charge in [-0.15, -0.1) is 11.3 Å². The molecule has 0 bridgehead atoms. The summed E-state index contributed by atoms with van der Waals surface area (Å²) in [6.45, 7) is 1.23. The summed E-state index contributed by atoms with van der Waals surface area (Å²) in [6.07, 6.45) is 0.793. The molecule has 0 aliphatic carbocycles. The number of thiophene rings is 1. The fourth-order valence-corrected chi connectivity index (χ4v) is 4.10. The Labute approximate surface area is 113 Å². The van der Waals surface area contributed by atoms with Crippen molar-refractivity contribution in [1.29, 1.82) is 0 Å². The van der Waals surface area contributed by atoms with E-state index in [1.54, 1.807) is 19.2 Å². The van der Waals surface area contributed by atoms with Gasteiger partial charge in [-0.05, 0) is 39.2 Å². The molecule has 0 saturated carbocycles. The highest BCUT2D eigenvalue weighted by atomic mass is 32.2. The SMILES string of the molecule is CN(C)CCCN(C)S(=O)(=O)c1ccc(CO)s1. The molecule has 0 aliphatic rings. The van der Waals surface area contributed by atoms with Crippen molar-refractivity contribution < 1.29 is 13.5 Å². The zero-order valence-corrected chi connectivity index (χ0v) is 12.6. The summed E-state index contributed by atoms with van der Waals surface area (Å²) in [4.78, 5) is 2.69. The van der Waals surface area contributed by atoms with Crippen LogP contribution in [0.4, 0.5) is 0 Å². The van der Waals surface area contributed by atoms with Crippen molar-refractivity contribution in [2.75, 3.05) is 34.2 Å². The Morgan fingerprint density at radius 1 is 1.22 bits per heavy atom. The molecule has 0 fully saturated rings. The zero-order chi connectivity index (χ0) is 13.8. The number of hydrogen-bond donors (Lipinski definition) is 1. The van der Waals surface area contributed by atoms with Crippen molar-refractivity contribution in [3.8, 4) is 0 Å². The summed E-state index contributed by atoms with van der Waals surface area (Å²) in [5, 5.41) is 8.95. The Balaban J connectivity index is 2.67. The van der Waals surface area contributed by atoms with Gasteiger partial charge in [-0.3, -0.25) is 0 Å². The fourth-order valence-electron chi connectivity index (χ4n) is 1.47. The molecule has 1 rings (SSSR count). The van der Waals surface area contributed by atoms with E-state index < -0.39 is 10.0 Å². The van der Waals surface area contributed by atoms with Gasteiger partial charge in [-0.2, -0.15) is 0 Å². The predicted molar refractivity (Wildman–Crippen MR) is 73.2 cm³/mol. The third-order valence-corrected chi connectivity index (χ3v) is 5.93. The summed E-state index contributed by atoms with van der Waals surface area (Å²) in [7, 11) is 2.10. The van der Waals surface area contributed by atoms with E-state index in [0.717, 1.165) is 24.3 Å². The van der Waals surface area contributed by atoms with Crippen LogP contribution in [0.5, 0.6) is 0 Å². The van der Waals surface area contributed by atoms with E-state index in [2.05, 4.69) is 0 Å². The molecule has 1 heterocycles. The monoisotopic (exact) mass is 292 g/mol. The maximum Gasteiger partial charge on any atom is 0.252 e. The molecular weight excluding hydrogens is 272 g/mol. The molecule has 0 aromatic carbocycles. The number of sulfonamides is 1. The van der Waals surface area contributed by atoms with E-state index in [0.29, 0.717) is 15.6 Å². The second kappa shape index (κ2) is 6.63. The molecule has 1 aromatic rings. The third kappa shape index (κ3) is 4.03. The molecule has 0 saturated heterocycles. The van der Waals surface area contributed by atoms with Crippen molar-refractivity contribution in [1.82, 2.24) is 9.21 Å². The maximum absolute atomic E-state index is 12.2. The van der Waals surface area contributed by atoms with Gasteiger partial charge in [0.1, 0.15) is 4.21 Å². The highest BCUT2D eigenvalue weighted by Gasteiger charge is 2.22. The van der Waals surface area contributed by atoms with Crippen LogP contribution in [0, 0.1) is 0 Å². The average Bonchev–Trinajstić information content (AvgIpc) is 2.77. The topological polar surface area (TPSA) is 60.9 Å². The Bertz CT molecular complexity index is 468. The van der Waals surface area contributed by atoms with Crippen molar-refractivity contribution in [3.63, 3.8) is 0 Å². The number of aliphatic hydroxyl groups is 1. The van der Waals surface area contributed by atoms with Crippen LogP contribution in [0.25, 0.3) is 0 Å². The van der Waals surface area contributed by atoms with Crippen molar-refractivity contribution in [2.45, 2.75) is 17.2 Å². The fraction of sp³-hybridized carbons (Fsp3) is 0.636. The van der Waals surface area contributed by atoms with Crippen LogP contribution in [0.3, 0.4) is 0 Å². The number of nitrogens with zero attached hydrogens (tertiary/aromatic N) is 2. The van der Waals surface area contributed by atoms with Gasteiger partial charge >= 0.3 is 0 Å². The first-order valence-electron chi connectivity index (χ1n) is 5.68. The lowest BCUT2D eigenvalue weighted by Crippen LogP contribution is -2.29. The Morgan fingerprint density at radius 3 is 2.39 bits per heavy atom. The van der Waals surface area contributed by atoms with E-state index in [9.17, 15) is 8.42 Å². The summed E-state index contributed by atoms with van der Waals surface area (Å²) >= 11 is 1.12. The molecule has 0 amide bonds. The molecule has 0 unspecified atom stereocenters. The van der Waals surface area contributed by atoms with Gasteiger partial charge in [0.25, 0.3) is 10.0 Å². The van der Waals surface area contributed by atoms with E-state index >= 15 is 0 Å². The smallest absolute Gasteiger partial charge is 0.252 e. The van der Waals surface area contributed by atoms with Gasteiger partial charge < -0.3 is 10.0 Å². The molecule has 0 spiro atoms. The number of hydrogen-bond acceptors (Lipinski definition) is 5.